The fraction of sp³-hybridized carbons (Fsp3) is 0.935. The molecular weight excluding hydrogens is 791 g/mol. The van der Waals surface area contributed by atoms with E-state index in [9.17, 15) is 43.3 Å². The van der Waals surface area contributed by atoms with Crippen LogP contribution in [0.25, 0.3) is 0 Å². The van der Waals surface area contributed by atoms with E-state index in [0.29, 0.717) is 12.8 Å². The zero-order valence-corrected chi connectivity index (χ0v) is 38.4. The van der Waals surface area contributed by atoms with Crippen molar-refractivity contribution >= 4 is 16.3 Å². The number of unbranched alkanes of at least 4 members (excludes halogenated alkanes) is 28. The first-order valence-corrected chi connectivity index (χ1v) is 25.5. The average Bonchev–Trinajstić information content (AvgIpc) is 3.22. The van der Waals surface area contributed by atoms with Crippen LogP contribution in [-0.2, 0) is 28.9 Å². The molecule has 0 aromatic rings. The number of rotatable bonds is 41. The van der Waals surface area contributed by atoms with Gasteiger partial charge in [-0.15, -0.1) is 0 Å². The predicted molar refractivity (Wildman–Crippen MR) is 236 cm³/mol. The van der Waals surface area contributed by atoms with Crippen molar-refractivity contribution in [3.63, 3.8) is 0 Å². The minimum Gasteiger partial charge on any atom is -0.726 e. The number of ether oxygens (including phenoxy) is 2. The minimum atomic E-state index is -5.36. The standard InChI is InChI=1S/C46H89NO12S/c1-3-5-7-9-11-13-15-17-18-19-20-21-23-25-27-29-31-33-35-40(50)45(53)47-38(39(49)34-32-30-28-26-24-22-16-14-12-10-8-6-4-2)37-57-46-43(52)44(59-60(54,55)56)42(51)41(36-48)58-46/h32,34,38-44,46,48-52H,3-31,33,35-37H2,1-2H3,(H,47,53)(H,54,55,56)/p-1/b34-32+/t38-,39+,40+,41+,42-,43+,44-,46+/m0/s1. The van der Waals surface area contributed by atoms with Crippen molar-refractivity contribution in [2.24, 2.45) is 0 Å². The molecule has 1 heterocycles. The second-order valence-electron chi connectivity index (χ2n) is 17.2. The Hall–Kier alpha value is -1.20. The number of aliphatic hydroxyl groups is 5. The Morgan fingerprint density at radius 1 is 0.683 bits per heavy atom. The van der Waals surface area contributed by atoms with Gasteiger partial charge in [0.2, 0.25) is 16.3 Å². The maximum atomic E-state index is 13.1. The lowest BCUT2D eigenvalue weighted by Crippen LogP contribution is -2.61. The molecule has 0 aromatic carbocycles. The van der Waals surface area contributed by atoms with Gasteiger partial charge in [-0.25, -0.2) is 8.42 Å². The van der Waals surface area contributed by atoms with Crippen LogP contribution in [0.4, 0.5) is 0 Å². The van der Waals surface area contributed by atoms with Gasteiger partial charge in [-0.2, -0.15) is 0 Å². The summed E-state index contributed by atoms with van der Waals surface area (Å²) in [4.78, 5) is 13.1. The summed E-state index contributed by atoms with van der Waals surface area (Å²) < 4.78 is 49.2. The zero-order chi connectivity index (χ0) is 44.3. The molecule has 1 rings (SSSR count). The normalized spacial score (nSPS) is 21.4. The highest BCUT2D eigenvalue weighted by molar-refractivity contribution is 7.80. The van der Waals surface area contributed by atoms with Crippen molar-refractivity contribution in [2.45, 2.75) is 262 Å². The summed E-state index contributed by atoms with van der Waals surface area (Å²) in [6, 6.07) is -1.13. The van der Waals surface area contributed by atoms with E-state index < -0.39 is 78.5 Å². The Labute approximate surface area is 364 Å². The number of hydrogen-bond donors (Lipinski definition) is 6. The third-order valence-electron chi connectivity index (χ3n) is 11.7. The highest BCUT2D eigenvalue weighted by Gasteiger charge is 2.47. The molecule has 1 amide bonds. The summed E-state index contributed by atoms with van der Waals surface area (Å²) in [6.07, 6.45) is 28.3. The highest BCUT2D eigenvalue weighted by Crippen LogP contribution is 2.26. The van der Waals surface area contributed by atoms with Gasteiger partial charge in [0.1, 0.15) is 30.5 Å². The van der Waals surface area contributed by atoms with Crippen LogP contribution in [0.5, 0.6) is 0 Å². The number of carbonyl (C=O) groups is 1. The van der Waals surface area contributed by atoms with Crippen LogP contribution in [-0.4, -0.2) is 107 Å². The maximum absolute atomic E-state index is 13.1. The van der Waals surface area contributed by atoms with E-state index in [-0.39, 0.29) is 6.42 Å². The summed E-state index contributed by atoms with van der Waals surface area (Å²) in [5.41, 5.74) is 0. The van der Waals surface area contributed by atoms with E-state index in [2.05, 4.69) is 23.3 Å². The summed E-state index contributed by atoms with van der Waals surface area (Å²) in [7, 11) is -5.36. The first kappa shape index (κ1) is 56.8. The van der Waals surface area contributed by atoms with Crippen LogP contribution in [0.1, 0.15) is 213 Å². The van der Waals surface area contributed by atoms with Gasteiger partial charge >= 0.3 is 0 Å². The van der Waals surface area contributed by atoms with Crippen molar-refractivity contribution in [1.29, 1.82) is 0 Å². The molecule has 0 bridgehead atoms. The van der Waals surface area contributed by atoms with Gasteiger partial charge in [-0.1, -0.05) is 206 Å². The predicted octanol–water partition coefficient (Wildman–Crippen LogP) is 8.18. The van der Waals surface area contributed by atoms with Crippen LogP contribution in [0.2, 0.25) is 0 Å². The summed E-state index contributed by atoms with van der Waals surface area (Å²) >= 11 is 0. The molecule has 0 aromatic heterocycles. The quantitative estimate of drug-likeness (QED) is 0.0148. The van der Waals surface area contributed by atoms with Crippen LogP contribution < -0.4 is 5.32 Å². The van der Waals surface area contributed by atoms with Crippen molar-refractivity contribution < 1.29 is 57.0 Å². The fourth-order valence-corrected chi connectivity index (χ4v) is 8.31. The van der Waals surface area contributed by atoms with Gasteiger partial charge in [-0.05, 0) is 19.3 Å². The Bertz CT molecular complexity index is 1140. The number of allylic oxidation sites excluding steroid dienone is 1. The minimum absolute atomic E-state index is 0.242. The first-order valence-electron chi connectivity index (χ1n) is 24.2. The molecule has 1 saturated heterocycles. The SMILES string of the molecule is CCCCCCCCCCCCC/C=C/[C@@H](O)[C@H](CO[C@@H]1O[C@H](CO)[C@H](O)[C@H](OS(=O)(=O)[O-])[C@H]1O)NC(=O)[C@H](O)CCCCCCCCCCCCCCCCCCCC. The molecule has 8 atom stereocenters. The molecule has 0 radical (unpaired) electrons. The number of aliphatic hydroxyl groups excluding tert-OH is 5. The topological polar surface area (TPSA) is 215 Å². The van der Waals surface area contributed by atoms with Gasteiger partial charge in [0.05, 0.1) is 25.4 Å². The zero-order valence-electron chi connectivity index (χ0n) is 37.6. The van der Waals surface area contributed by atoms with E-state index in [4.69, 9.17) is 9.47 Å². The van der Waals surface area contributed by atoms with Crippen LogP contribution in [0, 0.1) is 0 Å². The molecule has 13 nitrogen and oxygen atoms in total. The number of hydrogen-bond acceptors (Lipinski definition) is 12. The summed E-state index contributed by atoms with van der Waals surface area (Å²) in [5, 5.41) is 55.1. The smallest absolute Gasteiger partial charge is 0.249 e. The van der Waals surface area contributed by atoms with E-state index >= 15 is 0 Å². The highest BCUT2D eigenvalue weighted by atomic mass is 32.3. The van der Waals surface area contributed by atoms with E-state index in [1.54, 1.807) is 0 Å². The molecule has 0 spiro atoms. The summed E-state index contributed by atoms with van der Waals surface area (Å²) in [5.74, 6) is -0.708. The maximum Gasteiger partial charge on any atom is 0.249 e. The molecule has 60 heavy (non-hydrogen) atoms. The molecule has 0 unspecified atom stereocenters. The van der Waals surface area contributed by atoms with Gasteiger partial charge in [0.15, 0.2) is 6.29 Å². The first-order chi connectivity index (χ1) is 28.9. The third kappa shape index (κ3) is 29.2. The lowest BCUT2D eigenvalue weighted by atomic mass is 9.99. The molecule has 0 aliphatic carbocycles. The van der Waals surface area contributed by atoms with Crippen LogP contribution in [0.15, 0.2) is 12.2 Å². The number of amides is 1. The molecule has 1 fully saturated rings. The van der Waals surface area contributed by atoms with Gasteiger partial charge in [0.25, 0.3) is 0 Å². The Morgan fingerprint density at radius 2 is 1.10 bits per heavy atom. The van der Waals surface area contributed by atoms with E-state index in [0.717, 1.165) is 38.5 Å². The van der Waals surface area contributed by atoms with Crippen molar-refractivity contribution in [1.82, 2.24) is 5.32 Å². The lowest BCUT2D eigenvalue weighted by molar-refractivity contribution is -0.298. The molecule has 1 aliphatic heterocycles. The molecule has 6 N–H and O–H groups in total. The van der Waals surface area contributed by atoms with Crippen molar-refractivity contribution in [2.75, 3.05) is 13.2 Å². The van der Waals surface area contributed by atoms with Crippen LogP contribution in [0.3, 0.4) is 0 Å². The van der Waals surface area contributed by atoms with Gasteiger partial charge in [0, 0.05) is 0 Å². The average molecular weight is 879 g/mol. The Morgan fingerprint density at radius 3 is 1.52 bits per heavy atom. The Kier molecular flexibility index (Phi) is 35.2. The Balaban J connectivity index is 2.53. The van der Waals surface area contributed by atoms with Gasteiger partial charge < -0.3 is 44.9 Å². The van der Waals surface area contributed by atoms with Crippen molar-refractivity contribution in [3.8, 4) is 0 Å². The second kappa shape index (κ2) is 37.2. The monoisotopic (exact) mass is 879 g/mol. The van der Waals surface area contributed by atoms with E-state index in [1.807, 2.05) is 6.08 Å². The fourth-order valence-electron chi connectivity index (χ4n) is 7.81. The number of nitrogens with one attached hydrogen (secondary N) is 1. The second-order valence-corrected chi connectivity index (χ2v) is 18.2. The number of carbonyl (C=O) groups excluding carboxylic acids is 1. The molecule has 356 valence electrons. The molecule has 1 aliphatic rings. The van der Waals surface area contributed by atoms with Gasteiger partial charge in [-0.3, -0.25) is 8.98 Å². The van der Waals surface area contributed by atoms with Crippen LogP contribution >= 0.6 is 0 Å². The third-order valence-corrected chi connectivity index (χ3v) is 12.1. The lowest BCUT2D eigenvalue weighted by Gasteiger charge is -2.42. The van der Waals surface area contributed by atoms with Crippen molar-refractivity contribution in [3.05, 3.63) is 12.2 Å². The largest absolute Gasteiger partial charge is 0.726 e. The van der Waals surface area contributed by atoms with E-state index in [1.165, 1.54) is 147 Å². The molecule has 14 heteroatoms. The molecular formula is C46H88NO12S-. The molecule has 0 saturated carbocycles. The summed E-state index contributed by atoms with van der Waals surface area (Å²) in [6.45, 7) is 3.18.